The highest BCUT2D eigenvalue weighted by atomic mass is 16.2. The molecule has 1 atom stereocenters. The number of nitrogens with two attached hydrogens (primary N) is 1. The Bertz CT molecular complexity index is 992. The number of benzene rings is 1. The normalized spacial score (nSPS) is 18.2. The molecule has 0 saturated heterocycles. The Morgan fingerprint density at radius 2 is 2.12 bits per heavy atom. The third kappa shape index (κ3) is 5.49. The summed E-state index contributed by atoms with van der Waals surface area (Å²) in [4.78, 5) is 23.5. The summed E-state index contributed by atoms with van der Waals surface area (Å²) in [5, 5.41) is 19.9. The number of amides is 1. The molecule has 0 radical (unpaired) electrons. The van der Waals surface area contributed by atoms with Gasteiger partial charge in [0, 0.05) is 18.3 Å². The van der Waals surface area contributed by atoms with Crippen LogP contribution in [0.4, 0.5) is 0 Å². The molecule has 2 saturated carbocycles. The maximum Gasteiger partial charge on any atom is 0.254 e. The smallest absolute Gasteiger partial charge is 0.254 e. The van der Waals surface area contributed by atoms with Crippen molar-refractivity contribution in [1.82, 2.24) is 10.2 Å². The molecule has 0 heterocycles. The van der Waals surface area contributed by atoms with Crippen LogP contribution < -0.4 is 11.1 Å². The van der Waals surface area contributed by atoms with E-state index in [4.69, 9.17) is 11.1 Å². The zero-order valence-corrected chi connectivity index (χ0v) is 18.3. The molecule has 32 heavy (non-hydrogen) atoms. The van der Waals surface area contributed by atoms with E-state index in [2.05, 4.69) is 27.9 Å². The van der Waals surface area contributed by atoms with Crippen LogP contribution in [0.5, 0.6) is 0 Å². The van der Waals surface area contributed by atoms with Crippen LogP contribution in [0.15, 0.2) is 58.9 Å². The van der Waals surface area contributed by atoms with Gasteiger partial charge < -0.3 is 16.0 Å². The van der Waals surface area contributed by atoms with E-state index in [-0.39, 0.29) is 11.3 Å². The fourth-order valence-electron chi connectivity index (χ4n) is 3.51. The van der Waals surface area contributed by atoms with Gasteiger partial charge in [-0.1, -0.05) is 18.7 Å². The number of nitrogens with zero attached hydrogens (tertiary/aromatic N) is 4. The third-order valence-electron chi connectivity index (χ3n) is 5.83. The van der Waals surface area contributed by atoms with Crippen LogP contribution in [0.2, 0.25) is 0 Å². The highest BCUT2D eigenvalue weighted by molar-refractivity contribution is 6.00. The van der Waals surface area contributed by atoms with Crippen LogP contribution in [0.25, 0.3) is 0 Å². The number of allylic oxidation sites excluding steroid dienone is 1. The second-order valence-corrected chi connectivity index (χ2v) is 8.23. The summed E-state index contributed by atoms with van der Waals surface area (Å²) < 4.78 is 0. The number of carbonyl (C=O) groups excluding carboxylic acids is 1. The van der Waals surface area contributed by atoms with Crippen LogP contribution in [0.3, 0.4) is 0 Å². The number of nitrogens with one attached hydrogen (secondary N) is 2. The molecule has 2 fully saturated rings. The molecule has 0 bridgehead atoms. The zero-order valence-electron chi connectivity index (χ0n) is 18.3. The summed E-state index contributed by atoms with van der Waals surface area (Å²) >= 11 is 0. The molecule has 0 aromatic heterocycles. The van der Waals surface area contributed by atoms with Crippen LogP contribution in [-0.2, 0) is 5.41 Å². The van der Waals surface area contributed by atoms with Crippen LogP contribution in [0, 0.1) is 22.7 Å². The molecule has 1 aromatic carbocycles. The molecule has 2 aliphatic carbocycles. The monoisotopic (exact) mass is 431 g/mol. The lowest BCUT2D eigenvalue weighted by atomic mass is 9.96. The van der Waals surface area contributed by atoms with Gasteiger partial charge in [0.25, 0.3) is 5.91 Å². The molecule has 166 valence electrons. The van der Waals surface area contributed by atoms with Crippen molar-refractivity contribution in [2.75, 3.05) is 6.54 Å². The number of rotatable bonds is 10. The van der Waals surface area contributed by atoms with E-state index in [0.29, 0.717) is 29.7 Å². The van der Waals surface area contributed by atoms with Crippen molar-refractivity contribution in [3.63, 3.8) is 0 Å². The molecule has 0 spiro atoms. The lowest BCUT2D eigenvalue weighted by Crippen LogP contribution is -2.48. The minimum absolute atomic E-state index is 0.114. The van der Waals surface area contributed by atoms with E-state index >= 15 is 0 Å². The average molecular weight is 432 g/mol. The fourth-order valence-corrected chi connectivity index (χ4v) is 3.51. The molecular formula is C24H29N7O. The van der Waals surface area contributed by atoms with Crippen LogP contribution in [0.1, 0.15) is 48.5 Å². The SMILES string of the molecule is C=C(/N=C\C=C/N)N/C(=N\C=N)C(C)N(CC1CC1)C(=O)c1ccc(C2(C#N)CC2)cc1. The summed E-state index contributed by atoms with van der Waals surface area (Å²) in [6.45, 7) is 6.32. The Kier molecular flexibility index (Phi) is 7.21. The Hall–Kier alpha value is -3.73. The van der Waals surface area contributed by atoms with Gasteiger partial charge in [0.15, 0.2) is 0 Å². The lowest BCUT2D eigenvalue weighted by Gasteiger charge is -2.30. The number of carbonyl (C=O) groups is 1. The van der Waals surface area contributed by atoms with Crippen molar-refractivity contribution >= 4 is 24.3 Å². The minimum atomic E-state index is -0.421. The van der Waals surface area contributed by atoms with E-state index in [0.717, 1.165) is 37.6 Å². The van der Waals surface area contributed by atoms with Gasteiger partial charge in [0.05, 0.1) is 17.5 Å². The Balaban J connectivity index is 1.79. The van der Waals surface area contributed by atoms with Crippen LogP contribution in [-0.4, -0.2) is 41.8 Å². The molecule has 1 aromatic rings. The molecule has 1 unspecified atom stereocenters. The minimum Gasteiger partial charge on any atom is -0.405 e. The Morgan fingerprint density at radius 1 is 1.44 bits per heavy atom. The first-order valence-corrected chi connectivity index (χ1v) is 10.7. The van der Waals surface area contributed by atoms with Gasteiger partial charge in [-0.15, -0.1) is 0 Å². The number of nitriles is 1. The van der Waals surface area contributed by atoms with Gasteiger partial charge in [-0.2, -0.15) is 5.26 Å². The van der Waals surface area contributed by atoms with Crippen molar-refractivity contribution in [3.05, 3.63) is 60.1 Å². The van der Waals surface area contributed by atoms with Crippen molar-refractivity contribution in [2.45, 2.75) is 44.1 Å². The first-order valence-electron chi connectivity index (χ1n) is 10.7. The summed E-state index contributed by atoms with van der Waals surface area (Å²) in [5.41, 5.74) is 6.45. The zero-order chi connectivity index (χ0) is 23.1. The molecule has 3 rings (SSSR count). The maximum absolute atomic E-state index is 13.4. The van der Waals surface area contributed by atoms with Crippen molar-refractivity contribution in [2.24, 2.45) is 21.6 Å². The number of hydrogen-bond acceptors (Lipinski definition) is 5. The Labute approximate surface area is 188 Å². The molecule has 2 aliphatic rings. The second kappa shape index (κ2) is 10.1. The molecule has 8 nitrogen and oxygen atoms in total. The molecule has 0 aliphatic heterocycles. The third-order valence-corrected chi connectivity index (χ3v) is 5.83. The average Bonchev–Trinajstić information content (AvgIpc) is 3.72. The van der Waals surface area contributed by atoms with Crippen LogP contribution >= 0.6 is 0 Å². The summed E-state index contributed by atoms with van der Waals surface area (Å²) in [5.74, 6) is 1.08. The second-order valence-electron chi connectivity index (χ2n) is 8.23. The highest BCUT2D eigenvalue weighted by Crippen LogP contribution is 2.47. The van der Waals surface area contributed by atoms with E-state index in [1.165, 1.54) is 12.4 Å². The van der Waals surface area contributed by atoms with Gasteiger partial charge in [0.2, 0.25) is 0 Å². The van der Waals surface area contributed by atoms with Crippen molar-refractivity contribution in [1.29, 1.82) is 10.7 Å². The summed E-state index contributed by atoms with van der Waals surface area (Å²) in [6, 6.07) is 9.33. The molecular weight excluding hydrogens is 402 g/mol. The quantitative estimate of drug-likeness (QED) is 0.388. The van der Waals surface area contributed by atoms with Gasteiger partial charge in [-0.05, 0) is 68.5 Å². The highest BCUT2D eigenvalue weighted by Gasteiger charge is 2.44. The van der Waals surface area contributed by atoms with Crippen molar-refractivity contribution in [3.8, 4) is 6.07 Å². The van der Waals surface area contributed by atoms with E-state index in [1.807, 2.05) is 19.1 Å². The maximum atomic E-state index is 13.4. The lowest BCUT2D eigenvalue weighted by molar-refractivity contribution is 0.0724. The van der Waals surface area contributed by atoms with E-state index in [1.54, 1.807) is 23.1 Å². The predicted molar refractivity (Wildman–Crippen MR) is 127 cm³/mol. The first-order chi connectivity index (χ1) is 15.4. The van der Waals surface area contributed by atoms with Gasteiger partial charge in [-0.3, -0.25) is 10.2 Å². The van der Waals surface area contributed by atoms with Gasteiger partial charge in [-0.25, -0.2) is 9.98 Å². The van der Waals surface area contributed by atoms with E-state index in [9.17, 15) is 10.1 Å². The van der Waals surface area contributed by atoms with E-state index < -0.39 is 6.04 Å². The topological polar surface area (TPSA) is 131 Å². The molecule has 8 heteroatoms. The number of hydrogen-bond donors (Lipinski definition) is 3. The number of amidine groups is 1. The van der Waals surface area contributed by atoms with Crippen molar-refractivity contribution < 1.29 is 4.79 Å². The molecule has 4 N–H and O–H groups in total. The largest absolute Gasteiger partial charge is 0.405 e. The standard InChI is InChI=1S/C24H29N7O/c1-17(22(29-16-27)30-18(2)28-13-3-12-25)31(14-19-4-5-19)23(32)20-6-8-21(9-7-20)24(15-26)10-11-24/h3,6-9,12-13,16-17,19H,2,4-5,10-11,14,25H2,1H3,(H2,27,29,30)/b12-3-,28-13-. The van der Waals surface area contributed by atoms with Gasteiger partial charge in [0.1, 0.15) is 18.0 Å². The predicted octanol–water partition coefficient (Wildman–Crippen LogP) is 3.09. The fraction of sp³-hybridized carbons (Fsp3) is 0.375. The number of aliphatic imine (C=N–C) groups is 2. The first kappa shape index (κ1) is 22.9. The Morgan fingerprint density at radius 3 is 2.66 bits per heavy atom. The summed E-state index contributed by atoms with van der Waals surface area (Å²) in [7, 11) is 0. The van der Waals surface area contributed by atoms with Gasteiger partial charge >= 0.3 is 0 Å². The molecule has 1 amide bonds. The summed E-state index contributed by atoms with van der Waals surface area (Å²) in [6.07, 6.45) is 9.25.